The van der Waals surface area contributed by atoms with Crippen LogP contribution in [0.1, 0.15) is 23.6 Å². The molecule has 3 unspecified atom stereocenters. The van der Waals surface area contributed by atoms with E-state index >= 15 is 0 Å². The minimum Gasteiger partial charge on any atom is -0.343 e. The molecule has 2 saturated heterocycles. The minimum absolute atomic E-state index is 0.0772. The van der Waals surface area contributed by atoms with Crippen LogP contribution in [0.25, 0.3) is 5.69 Å². The van der Waals surface area contributed by atoms with Gasteiger partial charge in [-0.1, -0.05) is 6.07 Å². The Hall–Kier alpha value is -1.90. The number of aryl methyl sites for hydroxylation is 2. The van der Waals surface area contributed by atoms with E-state index in [4.69, 9.17) is 21.7 Å². The topological polar surface area (TPSA) is 71.2 Å². The van der Waals surface area contributed by atoms with Gasteiger partial charge in [0.05, 0.1) is 18.3 Å². The fourth-order valence-corrected chi connectivity index (χ4v) is 3.48. The molecule has 0 saturated carbocycles. The fourth-order valence-electron chi connectivity index (χ4n) is 3.17. The van der Waals surface area contributed by atoms with Gasteiger partial charge in [0.1, 0.15) is 6.10 Å². The van der Waals surface area contributed by atoms with E-state index in [0.29, 0.717) is 17.8 Å². The second-order valence-electron chi connectivity index (χ2n) is 6.04. The highest BCUT2D eigenvalue weighted by Gasteiger charge is 2.45. The number of rotatable bonds is 2. The number of aromatic nitrogens is 4. The van der Waals surface area contributed by atoms with Crippen molar-refractivity contribution in [3.8, 4) is 5.69 Å². The third-order valence-electron chi connectivity index (χ3n) is 4.18. The average molecular weight is 332 g/mol. The maximum absolute atomic E-state index is 12.0. The highest BCUT2D eigenvalue weighted by molar-refractivity contribution is 7.71. The van der Waals surface area contributed by atoms with Gasteiger partial charge in [-0.25, -0.2) is 4.68 Å². The Bertz CT molecular complexity index is 823. The molecule has 7 nitrogen and oxygen atoms in total. The fraction of sp³-hybridized carbons (Fsp3) is 0.467. The molecule has 120 valence electrons. The maximum atomic E-state index is 12.0. The van der Waals surface area contributed by atoms with Crippen molar-refractivity contribution >= 4 is 18.0 Å². The molecule has 0 spiro atoms. The lowest BCUT2D eigenvalue weighted by Gasteiger charge is -2.25. The molecule has 8 heteroatoms. The van der Waals surface area contributed by atoms with Crippen LogP contribution in [0.3, 0.4) is 0 Å². The molecule has 0 amide bonds. The third kappa shape index (κ3) is 2.43. The Morgan fingerprint density at radius 2 is 1.96 bits per heavy atom. The van der Waals surface area contributed by atoms with Gasteiger partial charge in [-0.3, -0.25) is 4.79 Å². The molecule has 1 aromatic carbocycles. The van der Waals surface area contributed by atoms with Crippen LogP contribution in [-0.2, 0) is 14.3 Å². The molecule has 2 fully saturated rings. The van der Waals surface area contributed by atoms with Crippen LogP contribution in [0, 0.1) is 18.6 Å². The zero-order chi connectivity index (χ0) is 16.1. The summed E-state index contributed by atoms with van der Waals surface area (Å²) >= 11 is 5.52. The number of tetrazole rings is 1. The summed E-state index contributed by atoms with van der Waals surface area (Å²) in [7, 11) is 0. The number of hydrogen-bond acceptors (Lipinski definition) is 6. The normalized spacial score (nSPS) is 26.7. The number of Topliss-reactive ketones (excluding diaryl/α,β-unsaturated/α-hetero) is 1. The predicted molar refractivity (Wildman–Crippen MR) is 82.9 cm³/mol. The quantitative estimate of drug-likeness (QED) is 0.779. The van der Waals surface area contributed by atoms with Crippen LogP contribution < -0.4 is 0 Å². The Labute approximate surface area is 137 Å². The largest absolute Gasteiger partial charge is 0.343 e. The van der Waals surface area contributed by atoms with Gasteiger partial charge in [0, 0.05) is 6.42 Å². The predicted octanol–water partition coefficient (Wildman–Crippen LogP) is 1.67. The summed E-state index contributed by atoms with van der Waals surface area (Å²) in [5, 5.41) is 8.33. The molecule has 2 aliphatic heterocycles. The molecule has 2 aromatic rings. The second-order valence-corrected chi connectivity index (χ2v) is 6.41. The Balaban J connectivity index is 1.74. The summed E-state index contributed by atoms with van der Waals surface area (Å²) in [6.45, 7) is 4.42. The van der Waals surface area contributed by atoms with Gasteiger partial charge < -0.3 is 9.47 Å². The van der Waals surface area contributed by atoms with Crippen molar-refractivity contribution in [3.05, 3.63) is 34.1 Å². The molecule has 2 bridgehead atoms. The molecule has 1 aromatic heterocycles. The molecular weight excluding hydrogens is 316 g/mol. The summed E-state index contributed by atoms with van der Waals surface area (Å²) < 4.78 is 14.6. The SMILES string of the molecule is Cc1cc(C)cc(-n2nnn(C3CC(=O)C4OCC3O4)c2=S)c1. The van der Waals surface area contributed by atoms with Crippen LogP contribution in [0.4, 0.5) is 0 Å². The van der Waals surface area contributed by atoms with E-state index in [1.165, 1.54) is 0 Å². The Morgan fingerprint density at radius 1 is 1.22 bits per heavy atom. The number of carbonyl (C=O) groups excluding carboxylic acids is 1. The number of carbonyl (C=O) groups is 1. The molecule has 3 atom stereocenters. The molecular formula is C15H16N4O3S. The van der Waals surface area contributed by atoms with E-state index in [0.717, 1.165) is 16.8 Å². The van der Waals surface area contributed by atoms with Crippen molar-refractivity contribution in [1.29, 1.82) is 0 Å². The van der Waals surface area contributed by atoms with Crippen LogP contribution in [0.15, 0.2) is 18.2 Å². The van der Waals surface area contributed by atoms with Crippen LogP contribution in [0.5, 0.6) is 0 Å². The van der Waals surface area contributed by atoms with Crippen molar-refractivity contribution < 1.29 is 14.3 Å². The Morgan fingerprint density at radius 3 is 2.70 bits per heavy atom. The smallest absolute Gasteiger partial charge is 0.221 e. The van der Waals surface area contributed by atoms with E-state index < -0.39 is 6.29 Å². The summed E-state index contributed by atoms with van der Waals surface area (Å²) in [5.41, 5.74) is 3.11. The Kier molecular flexibility index (Phi) is 3.40. The summed E-state index contributed by atoms with van der Waals surface area (Å²) in [5.74, 6) is -0.0772. The number of fused-ring (bicyclic) bond motifs is 2. The average Bonchev–Trinajstić information content (AvgIpc) is 3.08. The van der Waals surface area contributed by atoms with Gasteiger partial charge in [-0.05, 0) is 59.8 Å². The van der Waals surface area contributed by atoms with Gasteiger partial charge in [-0.2, -0.15) is 4.68 Å². The van der Waals surface area contributed by atoms with E-state index in [-0.39, 0.29) is 17.9 Å². The molecule has 23 heavy (non-hydrogen) atoms. The van der Waals surface area contributed by atoms with E-state index in [1.54, 1.807) is 9.36 Å². The molecule has 4 rings (SSSR count). The van der Waals surface area contributed by atoms with E-state index in [9.17, 15) is 4.79 Å². The number of ketones is 1. The molecule has 2 aliphatic rings. The van der Waals surface area contributed by atoms with E-state index in [2.05, 4.69) is 16.5 Å². The van der Waals surface area contributed by atoms with Gasteiger partial charge in [0.25, 0.3) is 0 Å². The van der Waals surface area contributed by atoms with Crippen molar-refractivity contribution in [3.63, 3.8) is 0 Å². The molecule has 0 aliphatic carbocycles. The number of benzene rings is 1. The molecule has 0 radical (unpaired) electrons. The highest BCUT2D eigenvalue weighted by atomic mass is 32.1. The number of nitrogens with zero attached hydrogens (tertiary/aromatic N) is 4. The van der Waals surface area contributed by atoms with Gasteiger partial charge in [0.2, 0.25) is 11.1 Å². The first kappa shape index (κ1) is 14.7. The molecule has 3 heterocycles. The standard InChI is InChI=1S/C15H16N4O3S/c1-8-3-9(2)5-10(4-8)18-15(23)19(17-16-18)11-6-12(20)14-21-7-13(11)22-14/h3-5,11,13-14H,6-7H2,1-2H3. The maximum Gasteiger partial charge on any atom is 0.221 e. The monoisotopic (exact) mass is 332 g/mol. The van der Waals surface area contributed by atoms with Gasteiger partial charge in [0.15, 0.2) is 5.78 Å². The van der Waals surface area contributed by atoms with Crippen LogP contribution in [0.2, 0.25) is 0 Å². The van der Waals surface area contributed by atoms with Crippen molar-refractivity contribution in [2.45, 2.75) is 38.7 Å². The minimum atomic E-state index is -0.722. The van der Waals surface area contributed by atoms with Gasteiger partial charge in [-0.15, -0.1) is 0 Å². The lowest BCUT2D eigenvalue weighted by Crippen LogP contribution is -2.37. The van der Waals surface area contributed by atoms with Crippen LogP contribution in [-0.4, -0.2) is 44.6 Å². The summed E-state index contributed by atoms with van der Waals surface area (Å²) in [6.07, 6.45) is -0.636. The first-order chi connectivity index (χ1) is 11.0. The first-order valence-electron chi connectivity index (χ1n) is 7.46. The van der Waals surface area contributed by atoms with Crippen molar-refractivity contribution in [1.82, 2.24) is 19.8 Å². The van der Waals surface area contributed by atoms with Crippen molar-refractivity contribution in [2.24, 2.45) is 0 Å². The lowest BCUT2D eigenvalue weighted by atomic mass is 10.0. The third-order valence-corrected chi connectivity index (χ3v) is 4.54. The second kappa shape index (κ2) is 5.33. The summed E-state index contributed by atoms with van der Waals surface area (Å²) in [6, 6.07) is 5.81. The molecule has 0 N–H and O–H groups in total. The van der Waals surface area contributed by atoms with Gasteiger partial charge >= 0.3 is 0 Å². The number of ether oxygens (including phenoxy) is 2. The first-order valence-corrected chi connectivity index (χ1v) is 7.87. The zero-order valence-electron chi connectivity index (χ0n) is 12.8. The highest BCUT2D eigenvalue weighted by Crippen LogP contribution is 2.32. The van der Waals surface area contributed by atoms with E-state index in [1.807, 2.05) is 26.0 Å². The number of hydrogen-bond donors (Lipinski definition) is 0. The van der Waals surface area contributed by atoms with Crippen molar-refractivity contribution in [2.75, 3.05) is 6.61 Å². The lowest BCUT2D eigenvalue weighted by molar-refractivity contribution is -0.156. The van der Waals surface area contributed by atoms with Crippen LogP contribution >= 0.6 is 12.2 Å². The zero-order valence-corrected chi connectivity index (χ0v) is 13.6. The summed E-state index contributed by atoms with van der Waals surface area (Å²) in [4.78, 5) is 12.0.